The van der Waals surface area contributed by atoms with Gasteiger partial charge in [-0.05, 0) is 51.7 Å². The van der Waals surface area contributed by atoms with Crippen molar-refractivity contribution in [1.29, 1.82) is 0 Å². The van der Waals surface area contributed by atoms with Crippen molar-refractivity contribution in [2.45, 2.75) is 65.0 Å². The van der Waals surface area contributed by atoms with Crippen molar-refractivity contribution >= 4 is 11.6 Å². The molecular weight excluding hydrogens is 424 g/mol. The van der Waals surface area contributed by atoms with Gasteiger partial charge in [0.2, 0.25) is 0 Å². The molecule has 6 atom stereocenters. The fourth-order valence-corrected chi connectivity index (χ4v) is 5.52. The number of aryl methyl sites for hydroxylation is 2. The van der Waals surface area contributed by atoms with Gasteiger partial charge in [-0.15, -0.1) is 0 Å². The minimum atomic E-state index is 0.00815. The van der Waals surface area contributed by atoms with Crippen LogP contribution >= 0.6 is 0 Å². The van der Waals surface area contributed by atoms with Gasteiger partial charge in [-0.2, -0.15) is 0 Å². The van der Waals surface area contributed by atoms with Crippen molar-refractivity contribution in [3.05, 3.63) is 94.1 Å². The van der Waals surface area contributed by atoms with Gasteiger partial charge in [-0.25, -0.2) is 0 Å². The van der Waals surface area contributed by atoms with Crippen LogP contribution in [0.25, 0.3) is 0 Å². The zero-order valence-electron chi connectivity index (χ0n) is 20.3. The monoisotopic (exact) mass is 456 g/mol. The second-order valence-electron chi connectivity index (χ2n) is 10.2. The van der Waals surface area contributed by atoms with Crippen LogP contribution in [0.1, 0.15) is 58.5 Å². The topological polar surface area (TPSA) is 52.6 Å². The molecule has 2 aromatic rings. The van der Waals surface area contributed by atoms with E-state index in [1.54, 1.807) is 0 Å². The molecular formula is C30H32O4. The summed E-state index contributed by atoms with van der Waals surface area (Å²) < 4.78 is 11.5. The van der Waals surface area contributed by atoms with Gasteiger partial charge in [0, 0.05) is 11.1 Å². The predicted octanol–water partition coefficient (Wildman–Crippen LogP) is 5.82. The Labute approximate surface area is 201 Å². The molecule has 0 aromatic heterocycles. The normalized spacial score (nSPS) is 30.5. The SMILES string of the molecule is CC1=CC2CC(C(=O)c3ccc(C)cc3)C1O2.CC1=CC2OC1CC2C(=O)c1ccc(C)cc1. The van der Waals surface area contributed by atoms with E-state index >= 15 is 0 Å². The third-order valence-electron chi connectivity index (χ3n) is 7.54. The third kappa shape index (κ3) is 4.33. The molecule has 4 heterocycles. The maximum absolute atomic E-state index is 12.4. The molecule has 4 nitrogen and oxygen atoms in total. The fourth-order valence-electron chi connectivity index (χ4n) is 5.52. The highest BCUT2D eigenvalue weighted by Crippen LogP contribution is 2.40. The van der Waals surface area contributed by atoms with Crippen LogP contribution in [-0.2, 0) is 9.47 Å². The van der Waals surface area contributed by atoms with Crippen molar-refractivity contribution < 1.29 is 19.1 Å². The zero-order chi connectivity index (χ0) is 24.0. The van der Waals surface area contributed by atoms with Gasteiger partial charge in [-0.1, -0.05) is 71.8 Å². The van der Waals surface area contributed by atoms with E-state index in [2.05, 4.69) is 26.0 Å². The molecule has 176 valence electrons. The molecule has 4 heteroatoms. The molecule has 2 aromatic carbocycles. The molecule has 4 aliphatic rings. The summed E-state index contributed by atoms with van der Waals surface area (Å²) >= 11 is 0. The average Bonchev–Trinajstić information content (AvgIpc) is 3.60. The number of ether oxygens (including phenoxy) is 2. The molecule has 2 fully saturated rings. The Morgan fingerprint density at radius 1 is 0.676 bits per heavy atom. The van der Waals surface area contributed by atoms with E-state index < -0.39 is 0 Å². The number of hydrogen-bond acceptors (Lipinski definition) is 4. The fraction of sp³-hybridized carbons (Fsp3) is 0.400. The maximum Gasteiger partial charge on any atom is 0.168 e. The Kier molecular flexibility index (Phi) is 6.13. The molecule has 34 heavy (non-hydrogen) atoms. The summed E-state index contributed by atoms with van der Waals surface area (Å²) in [6.45, 7) is 8.19. The quantitative estimate of drug-likeness (QED) is 0.430. The summed E-state index contributed by atoms with van der Waals surface area (Å²) in [5.41, 5.74) is 6.48. The Hall–Kier alpha value is -2.82. The third-order valence-corrected chi connectivity index (χ3v) is 7.54. The summed E-state index contributed by atoms with van der Waals surface area (Å²) in [5, 5.41) is 0. The summed E-state index contributed by atoms with van der Waals surface area (Å²) in [4.78, 5) is 24.7. The Bertz CT molecular complexity index is 1160. The van der Waals surface area contributed by atoms with Crippen LogP contribution in [0.3, 0.4) is 0 Å². The summed E-state index contributed by atoms with van der Waals surface area (Å²) in [6.07, 6.45) is 6.31. The van der Waals surface area contributed by atoms with Crippen molar-refractivity contribution in [3.63, 3.8) is 0 Å². The highest BCUT2D eigenvalue weighted by molar-refractivity contribution is 5.99. The number of fused-ring (bicyclic) bond motifs is 4. The molecule has 0 amide bonds. The van der Waals surface area contributed by atoms with E-state index in [-0.39, 0.29) is 47.8 Å². The van der Waals surface area contributed by atoms with Crippen molar-refractivity contribution in [3.8, 4) is 0 Å². The lowest BCUT2D eigenvalue weighted by Crippen LogP contribution is -2.25. The Morgan fingerprint density at radius 2 is 1.24 bits per heavy atom. The van der Waals surface area contributed by atoms with Crippen LogP contribution in [0.15, 0.2) is 71.8 Å². The van der Waals surface area contributed by atoms with E-state index in [9.17, 15) is 9.59 Å². The van der Waals surface area contributed by atoms with Gasteiger partial charge in [-0.3, -0.25) is 9.59 Å². The summed E-state index contributed by atoms with van der Waals surface area (Å²) in [7, 11) is 0. The van der Waals surface area contributed by atoms with E-state index in [0.717, 1.165) is 24.0 Å². The number of carbonyl (C=O) groups excluding carboxylic acids is 2. The zero-order valence-corrected chi connectivity index (χ0v) is 20.3. The van der Waals surface area contributed by atoms with Crippen molar-refractivity contribution in [2.24, 2.45) is 11.8 Å². The van der Waals surface area contributed by atoms with Crippen molar-refractivity contribution in [2.75, 3.05) is 0 Å². The lowest BCUT2D eigenvalue weighted by Gasteiger charge is -2.17. The predicted molar refractivity (Wildman–Crippen MR) is 132 cm³/mol. The van der Waals surface area contributed by atoms with Crippen LogP contribution in [0.5, 0.6) is 0 Å². The molecule has 4 aliphatic heterocycles. The molecule has 2 saturated heterocycles. The lowest BCUT2D eigenvalue weighted by molar-refractivity contribution is 0.0782. The summed E-state index contributed by atoms with van der Waals surface area (Å²) in [5.74, 6) is 0.491. The average molecular weight is 457 g/mol. The van der Waals surface area contributed by atoms with Gasteiger partial charge in [0.25, 0.3) is 0 Å². The maximum atomic E-state index is 12.4. The smallest absolute Gasteiger partial charge is 0.168 e. The molecule has 6 rings (SSSR count). The lowest BCUT2D eigenvalue weighted by atomic mass is 9.84. The van der Waals surface area contributed by atoms with Gasteiger partial charge < -0.3 is 9.47 Å². The van der Waals surface area contributed by atoms with E-state index in [1.165, 1.54) is 22.3 Å². The van der Waals surface area contributed by atoms with Crippen LogP contribution in [-0.4, -0.2) is 36.0 Å². The molecule has 0 N–H and O–H groups in total. The minimum absolute atomic E-state index is 0.00815. The van der Waals surface area contributed by atoms with Gasteiger partial charge >= 0.3 is 0 Å². The first-order chi connectivity index (χ1) is 16.3. The first-order valence-corrected chi connectivity index (χ1v) is 12.2. The molecule has 6 unspecified atom stereocenters. The molecule has 0 spiro atoms. The van der Waals surface area contributed by atoms with Crippen LogP contribution in [0.4, 0.5) is 0 Å². The number of benzene rings is 2. The standard InChI is InChI=1S/2C15H16O2/c1-9-3-5-11(6-4-9)15(16)12-8-13-10(2)7-14(12)17-13;1-9-3-5-11(6-4-9)14(16)13-8-12-7-10(2)15(13)17-12/h3-7,12-14H,8H2,1-2H3;3-7,12-13,15H,8H2,1-2H3. The second kappa shape index (κ2) is 9.09. The number of Topliss-reactive ketones (excluding diaryl/α,β-unsaturated/α-hetero) is 2. The number of ketones is 2. The number of carbonyl (C=O) groups is 2. The minimum Gasteiger partial charge on any atom is -0.366 e. The van der Waals surface area contributed by atoms with Gasteiger partial charge in [0.15, 0.2) is 11.6 Å². The summed E-state index contributed by atoms with van der Waals surface area (Å²) in [6, 6.07) is 15.6. The molecule has 0 aliphatic carbocycles. The molecule has 4 bridgehead atoms. The van der Waals surface area contributed by atoms with Crippen LogP contribution < -0.4 is 0 Å². The first kappa shape index (κ1) is 22.9. The van der Waals surface area contributed by atoms with Gasteiger partial charge in [0.05, 0.1) is 36.3 Å². The number of rotatable bonds is 4. The molecule has 0 saturated carbocycles. The highest BCUT2D eigenvalue weighted by Gasteiger charge is 2.44. The van der Waals surface area contributed by atoms with Crippen molar-refractivity contribution in [1.82, 2.24) is 0 Å². The molecule has 0 radical (unpaired) electrons. The highest BCUT2D eigenvalue weighted by atomic mass is 16.5. The van der Waals surface area contributed by atoms with Crippen LogP contribution in [0, 0.1) is 25.7 Å². The van der Waals surface area contributed by atoms with E-state index in [0.29, 0.717) is 0 Å². The Balaban J connectivity index is 0.000000142. The Morgan fingerprint density at radius 3 is 1.68 bits per heavy atom. The second-order valence-corrected chi connectivity index (χ2v) is 10.2. The van der Waals surface area contributed by atoms with Crippen LogP contribution in [0.2, 0.25) is 0 Å². The van der Waals surface area contributed by atoms with E-state index in [4.69, 9.17) is 9.47 Å². The number of hydrogen-bond donors (Lipinski definition) is 0. The van der Waals surface area contributed by atoms with E-state index in [1.807, 2.05) is 62.4 Å². The first-order valence-electron chi connectivity index (χ1n) is 12.2. The largest absolute Gasteiger partial charge is 0.366 e. The van der Waals surface area contributed by atoms with Gasteiger partial charge in [0.1, 0.15) is 0 Å².